The Kier molecular flexibility index (Phi) is 6.50. The van der Waals surface area contributed by atoms with Crippen LogP contribution in [0, 0.1) is 0 Å². The first-order valence-corrected chi connectivity index (χ1v) is 12.8. The Morgan fingerprint density at radius 2 is 2.05 bits per heavy atom. The highest BCUT2D eigenvalue weighted by molar-refractivity contribution is 6.00. The SMILES string of the molecule is CNc1cc(Nc2cccn(-c3cc(C4CC4=C(F)F)ccn3)c2=O)nc2c(C(=O)N[C@@H]3CC[C@H]3OC)cnn12. The Bertz CT molecular complexity index is 1710. The number of hydrogen-bond donors (Lipinski definition) is 3. The first kappa shape index (κ1) is 25.6. The molecule has 206 valence electrons. The molecule has 0 radical (unpaired) electrons. The molecule has 3 N–H and O–H groups in total. The van der Waals surface area contributed by atoms with Gasteiger partial charge in [0.15, 0.2) is 5.65 Å². The van der Waals surface area contributed by atoms with E-state index in [0.29, 0.717) is 35.1 Å². The zero-order valence-electron chi connectivity index (χ0n) is 21.7. The maximum atomic E-state index is 13.4. The number of aromatic nitrogens is 5. The Labute approximate surface area is 226 Å². The lowest BCUT2D eigenvalue weighted by molar-refractivity contribution is 0.00732. The van der Waals surface area contributed by atoms with Crippen molar-refractivity contribution in [2.24, 2.45) is 0 Å². The summed E-state index contributed by atoms with van der Waals surface area (Å²) in [6, 6.07) is 8.17. The number of halogens is 2. The van der Waals surface area contributed by atoms with Crippen LogP contribution in [0.4, 0.5) is 26.1 Å². The minimum atomic E-state index is -1.65. The number of allylic oxidation sites excluding steroid dienone is 1. The predicted molar refractivity (Wildman–Crippen MR) is 144 cm³/mol. The molecular formula is C27H26F2N8O3. The largest absolute Gasteiger partial charge is 0.379 e. The van der Waals surface area contributed by atoms with Gasteiger partial charge in [-0.1, -0.05) is 0 Å². The second-order valence-electron chi connectivity index (χ2n) is 9.71. The highest BCUT2D eigenvalue weighted by atomic mass is 19.3. The third-order valence-corrected chi connectivity index (χ3v) is 7.36. The number of anilines is 3. The van der Waals surface area contributed by atoms with E-state index >= 15 is 0 Å². The topological polar surface area (TPSA) is 127 Å². The lowest BCUT2D eigenvalue weighted by atomic mass is 9.89. The molecule has 13 heteroatoms. The molecule has 4 heterocycles. The van der Waals surface area contributed by atoms with Crippen molar-refractivity contribution in [3.05, 3.63) is 82.1 Å². The molecule has 6 rings (SSSR count). The molecule has 2 aliphatic rings. The second kappa shape index (κ2) is 10.2. The maximum absolute atomic E-state index is 13.4. The third-order valence-electron chi connectivity index (χ3n) is 7.36. The van der Waals surface area contributed by atoms with Crippen LogP contribution in [0.3, 0.4) is 0 Å². The normalized spacial score (nSPS) is 19.7. The smallest absolute Gasteiger partial charge is 0.279 e. The number of carbonyl (C=O) groups excluding carboxylic acids is 1. The highest BCUT2D eigenvalue weighted by Gasteiger charge is 2.36. The number of fused-ring (bicyclic) bond motifs is 1. The molecule has 0 aliphatic heterocycles. The monoisotopic (exact) mass is 548 g/mol. The number of hydrogen-bond acceptors (Lipinski definition) is 8. The summed E-state index contributed by atoms with van der Waals surface area (Å²) in [6.07, 6.45) is 4.85. The van der Waals surface area contributed by atoms with E-state index in [0.717, 1.165) is 12.8 Å². The molecule has 4 aromatic rings. The number of rotatable bonds is 8. The molecule has 2 fully saturated rings. The van der Waals surface area contributed by atoms with E-state index in [9.17, 15) is 18.4 Å². The number of carbonyl (C=O) groups is 1. The van der Waals surface area contributed by atoms with Crippen molar-refractivity contribution in [3.63, 3.8) is 0 Å². The molecule has 0 bridgehead atoms. The number of pyridine rings is 2. The lowest BCUT2D eigenvalue weighted by Gasteiger charge is -2.35. The van der Waals surface area contributed by atoms with Crippen molar-refractivity contribution in [2.45, 2.75) is 37.3 Å². The van der Waals surface area contributed by atoms with Crippen molar-refractivity contribution in [2.75, 3.05) is 24.8 Å². The van der Waals surface area contributed by atoms with Crippen molar-refractivity contribution >= 4 is 28.9 Å². The molecule has 0 aromatic carbocycles. The van der Waals surface area contributed by atoms with E-state index in [2.05, 4.69) is 31.0 Å². The van der Waals surface area contributed by atoms with Crippen molar-refractivity contribution in [3.8, 4) is 5.82 Å². The molecule has 40 heavy (non-hydrogen) atoms. The summed E-state index contributed by atoms with van der Waals surface area (Å²) < 4.78 is 34.2. The summed E-state index contributed by atoms with van der Waals surface area (Å²) >= 11 is 0. The molecule has 1 amide bonds. The number of ether oxygens (including phenoxy) is 1. The van der Waals surface area contributed by atoms with Gasteiger partial charge in [0.1, 0.15) is 28.7 Å². The summed E-state index contributed by atoms with van der Waals surface area (Å²) in [7, 11) is 3.33. The Balaban J connectivity index is 1.30. The first-order chi connectivity index (χ1) is 19.4. The van der Waals surface area contributed by atoms with Gasteiger partial charge in [0, 0.05) is 44.1 Å². The van der Waals surface area contributed by atoms with E-state index in [1.807, 2.05) is 0 Å². The van der Waals surface area contributed by atoms with Crippen LogP contribution in [0.1, 0.15) is 41.1 Å². The molecule has 2 saturated carbocycles. The number of nitrogens with zero attached hydrogens (tertiary/aromatic N) is 5. The molecule has 3 atom stereocenters. The van der Waals surface area contributed by atoms with Crippen molar-refractivity contribution in [1.29, 1.82) is 0 Å². The standard InChI is InChI=1S/C27H26F2N8O3/c1-30-22-12-21(35-25-17(13-32-37(22)25)26(38)34-18-5-6-20(18)40-2)33-19-4-3-9-36(27(19)39)23-10-14(7-8-31-23)15-11-16(15)24(28)29/h3-4,7-10,12-13,15,18,20,30H,5-6,11H2,1-2H3,(H,33,35)(H,34,38)/t15?,18-,20-/m1/s1. The fourth-order valence-corrected chi connectivity index (χ4v) is 4.91. The van der Waals surface area contributed by atoms with Crippen LogP contribution < -0.4 is 21.5 Å². The molecule has 1 unspecified atom stereocenters. The third kappa shape index (κ3) is 4.57. The quantitative estimate of drug-likeness (QED) is 0.305. The minimum Gasteiger partial charge on any atom is -0.379 e. The average Bonchev–Trinajstić information content (AvgIpc) is 3.65. The fraction of sp³-hybridized carbons (Fsp3) is 0.296. The van der Waals surface area contributed by atoms with Gasteiger partial charge in [0.25, 0.3) is 17.5 Å². The van der Waals surface area contributed by atoms with Gasteiger partial charge < -0.3 is 20.7 Å². The van der Waals surface area contributed by atoms with E-state index in [4.69, 9.17) is 4.74 Å². The first-order valence-electron chi connectivity index (χ1n) is 12.8. The molecular weight excluding hydrogens is 522 g/mol. The van der Waals surface area contributed by atoms with Crippen LogP contribution in [0.15, 0.2) is 65.4 Å². The van der Waals surface area contributed by atoms with Crippen LogP contribution in [0.25, 0.3) is 11.5 Å². The number of methoxy groups -OCH3 is 1. The second-order valence-corrected chi connectivity index (χ2v) is 9.71. The van der Waals surface area contributed by atoms with Crippen LogP contribution >= 0.6 is 0 Å². The summed E-state index contributed by atoms with van der Waals surface area (Å²) in [5, 5.41) is 13.4. The maximum Gasteiger partial charge on any atom is 0.279 e. The predicted octanol–water partition coefficient (Wildman–Crippen LogP) is 3.61. The fourth-order valence-electron chi connectivity index (χ4n) is 4.91. The van der Waals surface area contributed by atoms with Gasteiger partial charge in [-0.15, -0.1) is 0 Å². The molecule has 0 saturated heterocycles. The van der Waals surface area contributed by atoms with E-state index in [-0.39, 0.29) is 40.8 Å². The molecule has 4 aromatic heterocycles. The van der Waals surface area contributed by atoms with Crippen molar-refractivity contribution in [1.82, 2.24) is 29.5 Å². The Morgan fingerprint density at radius 1 is 1.20 bits per heavy atom. The van der Waals surface area contributed by atoms with Gasteiger partial charge in [-0.25, -0.2) is 9.97 Å². The zero-order valence-corrected chi connectivity index (χ0v) is 21.7. The van der Waals surface area contributed by atoms with E-state index < -0.39 is 11.6 Å². The van der Waals surface area contributed by atoms with Crippen LogP contribution in [0.5, 0.6) is 0 Å². The number of amides is 1. The summed E-state index contributed by atoms with van der Waals surface area (Å²) in [6.45, 7) is 0. The van der Waals surface area contributed by atoms with Gasteiger partial charge in [-0.3, -0.25) is 14.2 Å². The van der Waals surface area contributed by atoms with Gasteiger partial charge in [-0.05, 0) is 49.1 Å². The van der Waals surface area contributed by atoms with Gasteiger partial charge in [0.2, 0.25) is 0 Å². The average molecular weight is 549 g/mol. The van der Waals surface area contributed by atoms with Crippen LogP contribution in [-0.2, 0) is 4.74 Å². The van der Waals surface area contributed by atoms with Crippen LogP contribution in [-0.4, -0.2) is 56.4 Å². The molecule has 11 nitrogen and oxygen atoms in total. The number of nitrogens with one attached hydrogen (secondary N) is 3. The van der Waals surface area contributed by atoms with Crippen molar-refractivity contribution < 1.29 is 18.3 Å². The van der Waals surface area contributed by atoms with Gasteiger partial charge in [-0.2, -0.15) is 18.4 Å². The lowest BCUT2D eigenvalue weighted by Crippen LogP contribution is -2.51. The summed E-state index contributed by atoms with van der Waals surface area (Å²) in [4.78, 5) is 35.3. The Morgan fingerprint density at radius 3 is 2.75 bits per heavy atom. The van der Waals surface area contributed by atoms with Gasteiger partial charge >= 0.3 is 0 Å². The van der Waals surface area contributed by atoms with E-state index in [1.165, 1.54) is 21.5 Å². The minimum absolute atomic E-state index is 0.0214. The van der Waals surface area contributed by atoms with Gasteiger partial charge in [0.05, 0.1) is 18.3 Å². The summed E-state index contributed by atoms with van der Waals surface area (Å²) in [5.41, 5.74) is 1.17. The van der Waals surface area contributed by atoms with E-state index in [1.54, 1.807) is 50.7 Å². The highest BCUT2D eigenvalue weighted by Crippen LogP contribution is 2.49. The molecule has 2 aliphatic carbocycles. The summed E-state index contributed by atoms with van der Waals surface area (Å²) in [5.74, 6) is 0.502. The van der Waals surface area contributed by atoms with Crippen LogP contribution in [0.2, 0.25) is 0 Å². The molecule has 0 spiro atoms. The Hall–Kier alpha value is -4.65. The zero-order chi connectivity index (χ0) is 28.0.